The van der Waals surface area contributed by atoms with Crippen molar-refractivity contribution in [2.75, 3.05) is 20.8 Å². The summed E-state index contributed by atoms with van der Waals surface area (Å²) in [5.74, 6) is -0.196. The molecule has 1 saturated heterocycles. The molecule has 27 heavy (non-hydrogen) atoms. The van der Waals surface area contributed by atoms with Gasteiger partial charge in [0.15, 0.2) is 5.17 Å². The molecule has 1 aliphatic rings. The number of amides is 1. The molecule has 8 heteroatoms. The molecule has 0 radical (unpaired) electrons. The lowest BCUT2D eigenvalue weighted by Crippen LogP contribution is -2.29. The fourth-order valence-corrected chi connectivity index (χ4v) is 3.02. The summed E-state index contributed by atoms with van der Waals surface area (Å²) in [6, 6.07) is 7.57. The third-order valence-corrected chi connectivity index (χ3v) is 4.36. The van der Waals surface area contributed by atoms with Gasteiger partial charge in [0, 0.05) is 24.4 Å². The summed E-state index contributed by atoms with van der Waals surface area (Å²) >= 11 is 1.05. The molecule has 2 rings (SSSR count). The summed E-state index contributed by atoms with van der Waals surface area (Å²) in [5, 5.41) is 8.39. The van der Waals surface area contributed by atoms with Crippen LogP contribution in [0.4, 0.5) is 0 Å². The van der Waals surface area contributed by atoms with Crippen LogP contribution < -0.4 is 4.74 Å². The average Bonchev–Trinajstić information content (AvgIpc) is 2.97. The van der Waals surface area contributed by atoms with Crippen molar-refractivity contribution in [2.24, 2.45) is 10.2 Å². The minimum Gasteiger partial charge on any atom is -0.496 e. The maximum Gasteiger partial charge on any atom is 0.331 e. The zero-order valence-electron chi connectivity index (χ0n) is 15.0. The van der Waals surface area contributed by atoms with Crippen LogP contribution in [0.15, 0.2) is 64.2 Å². The van der Waals surface area contributed by atoms with Crippen LogP contribution in [-0.2, 0) is 14.3 Å². The summed E-state index contributed by atoms with van der Waals surface area (Å²) in [4.78, 5) is 25.3. The molecule has 0 unspecified atom stereocenters. The Hall–Kier alpha value is -3.13. The van der Waals surface area contributed by atoms with Gasteiger partial charge in [-0.15, -0.1) is 11.7 Å². The van der Waals surface area contributed by atoms with Crippen LogP contribution in [0.1, 0.15) is 5.56 Å². The molecule has 0 atom stereocenters. The molecule has 0 N–H and O–H groups in total. The van der Waals surface area contributed by atoms with E-state index in [-0.39, 0.29) is 17.4 Å². The molecule has 0 saturated carbocycles. The Morgan fingerprint density at radius 2 is 2.11 bits per heavy atom. The number of benzene rings is 1. The number of carbonyl (C=O) groups is 2. The second-order valence-electron chi connectivity index (χ2n) is 5.09. The molecule has 140 valence electrons. The lowest BCUT2D eigenvalue weighted by molar-refractivity contribution is -0.135. The Bertz CT molecular complexity index is 843. The number of hydrogen-bond acceptors (Lipinski definition) is 7. The van der Waals surface area contributed by atoms with Crippen molar-refractivity contribution >= 4 is 41.1 Å². The van der Waals surface area contributed by atoms with Gasteiger partial charge < -0.3 is 9.47 Å². The van der Waals surface area contributed by atoms with Crippen LogP contribution in [-0.4, -0.2) is 48.9 Å². The molecule has 0 spiro atoms. The van der Waals surface area contributed by atoms with Crippen molar-refractivity contribution in [3.05, 3.63) is 59.5 Å². The van der Waals surface area contributed by atoms with Crippen LogP contribution in [0.5, 0.6) is 5.75 Å². The first-order chi connectivity index (χ1) is 13.1. The Morgan fingerprint density at radius 3 is 2.81 bits per heavy atom. The molecule has 1 aliphatic heterocycles. The SMILES string of the molecule is C=CCN1C(=O)/C(=C/C(=O)OC)S\C1=N/N=C/C=C/c1ccccc1OC. The average molecular weight is 385 g/mol. The second-order valence-corrected chi connectivity index (χ2v) is 6.10. The van der Waals surface area contributed by atoms with Gasteiger partial charge in [-0.2, -0.15) is 5.10 Å². The predicted octanol–water partition coefficient (Wildman–Crippen LogP) is 2.87. The highest BCUT2D eigenvalue weighted by atomic mass is 32.2. The molecule has 1 heterocycles. The number of thioether (sulfide) groups is 1. The highest BCUT2D eigenvalue weighted by Crippen LogP contribution is 2.30. The van der Waals surface area contributed by atoms with E-state index in [1.54, 1.807) is 19.3 Å². The normalized spacial score (nSPS) is 17.4. The van der Waals surface area contributed by atoms with Crippen LogP contribution in [0, 0.1) is 0 Å². The van der Waals surface area contributed by atoms with Gasteiger partial charge in [-0.25, -0.2) is 4.79 Å². The Balaban J connectivity index is 2.13. The largest absolute Gasteiger partial charge is 0.496 e. The number of methoxy groups -OCH3 is 2. The van der Waals surface area contributed by atoms with Gasteiger partial charge >= 0.3 is 5.97 Å². The fourth-order valence-electron chi connectivity index (χ4n) is 2.11. The molecule has 0 aliphatic carbocycles. The maximum absolute atomic E-state index is 12.3. The number of esters is 1. The van der Waals surface area contributed by atoms with E-state index in [9.17, 15) is 9.59 Å². The van der Waals surface area contributed by atoms with Crippen molar-refractivity contribution in [3.63, 3.8) is 0 Å². The van der Waals surface area contributed by atoms with Crippen molar-refractivity contribution in [2.45, 2.75) is 0 Å². The third kappa shape index (κ3) is 5.42. The van der Waals surface area contributed by atoms with Crippen LogP contribution in [0.25, 0.3) is 6.08 Å². The molecule has 1 aromatic rings. The Kier molecular flexibility index (Phi) is 7.57. The van der Waals surface area contributed by atoms with E-state index in [2.05, 4.69) is 21.5 Å². The van der Waals surface area contributed by atoms with Gasteiger partial charge in [0.1, 0.15) is 5.75 Å². The smallest absolute Gasteiger partial charge is 0.331 e. The number of carbonyl (C=O) groups excluding carboxylic acids is 2. The summed E-state index contributed by atoms with van der Waals surface area (Å²) in [6.07, 6.45) is 7.75. The third-order valence-electron chi connectivity index (χ3n) is 3.36. The lowest BCUT2D eigenvalue weighted by Gasteiger charge is -2.10. The van der Waals surface area contributed by atoms with Crippen LogP contribution in [0.2, 0.25) is 0 Å². The van der Waals surface area contributed by atoms with Crippen molar-refractivity contribution < 1.29 is 19.1 Å². The van der Waals surface area contributed by atoms with E-state index < -0.39 is 5.97 Å². The van der Waals surface area contributed by atoms with Gasteiger partial charge in [0.2, 0.25) is 0 Å². The zero-order valence-corrected chi connectivity index (χ0v) is 15.8. The van der Waals surface area contributed by atoms with Crippen molar-refractivity contribution in [1.29, 1.82) is 0 Å². The molecule has 7 nitrogen and oxygen atoms in total. The molecule has 1 aromatic carbocycles. The van der Waals surface area contributed by atoms with Crippen molar-refractivity contribution in [3.8, 4) is 5.75 Å². The van der Waals surface area contributed by atoms with Gasteiger partial charge in [-0.3, -0.25) is 9.69 Å². The number of rotatable bonds is 7. The first-order valence-electron chi connectivity index (χ1n) is 7.91. The number of amidine groups is 1. The van der Waals surface area contributed by atoms with Crippen LogP contribution >= 0.6 is 11.8 Å². The van der Waals surface area contributed by atoms with Gasteiger partial charge in [0.25, 0.3) is 5.91 Å². The topological polar surface area (TPSA) is 80.6 Å². The number of allylic oxidation sites excluding steroid dienone is 1. The van der Waals surface area contributed by atoms with E-state index in [1.165, 1.54) is 18.2 Å². The number of nitrogens with zero attached hydrogens (tertiary/aromatic N) is 3. The molecule has 0 bridgehead atoms. The summed E-state index contributed by atoms with van der Waals surface area (Å²) in [5.41, 5.74) is 0.904. The molecule has 1 fully saturated rings. The summed E-state index contributed by atoms with van der Waals surface area (Å²) < 4.78 is 9.82. The maximum atomic E-state index is 12.3. The lowest BCUT2D eigenvalue weighted by atomic mass is 10.2. The number of ether oxygens (including phenoxy) is 2. The van der Waals surface area contributed by atoms with Gasteiger partial charge in [0.05, 0.1) is 19.1 Å². The molecule has 0 aromatic heterocycles. The molecular formula is C19H19N3O4S. The Labute approximate surface area is 161 Å². The highest BCUT2D eigenvalue weighted by molar-refractivity contribution is 8.18. The minimum absolute atomic E-state index is 0.224. The number of hydrogen-bond donors (Lipinski definition) is 0. The first kappa shape index (κ1) is 20.2. The van der Waals surface area contributed by atoms with Crippen LogP contribution in [0.3, 0.4) is 0 Å². The second kappa shape index (κ2) is 10.1. The first-order valence-corrected chi connectivity index (χ1v) is 8.73. The van der Waals surface area contributed by atoms with E-state index >= 15 is 0 Å². The van der Waals surface area contributed by atoms with E-state index in [0.717, 1.165) is 29.2 Å². The predicted molar refractivity (Wildman–Crippen MR) is 108 cm³/mol. The van der Waals surface area contributed by atoms with E-state index in [0.29, 0.717) is 5.17 Å². The minimum atomic E-state index is -0.603. The van der Waals surface area contributed by atoms with E-state index in [4.69, 9.17) is 4.74 Å². The zero-order chi connectivity index (χ0) is 19.6. The summed E-state index contributed by atoms with van der Waals surface area (Å²) in [7, 11) is 2.85. The monoisotopic (exact) mass is 385 g/mol. The van der Waals surface area contributed by atoms with Gasteiger partial charge in [-0.1, -0.05) is 24.3 Å². The van der Waals surface area contributed by atoms with E-state index in [1.807, 2.05) is 30.3 Å². The standard InChI is InChI=1S/C19H19N3O4S/c1-4-12-22-18(24)16(13-17(23)26-3)27-19(22)21-20-11-7-9-14-8-5-6-10-15(14)25-2/h4-11,13H,1,12H2,2-3H3/b9-7+,16-13-,20-11+,21-19-. The fraction of sp³-hybridized carbons (Fsp3) is 0.158. The highest BCUT2D eigenvalue weighted by Gasteiger charge is 2.33. The quantitative estimate of drug-likeness (QED) is 0.237. The molecule has 1 amide bonds. The summed E-state index contributed by atoms with van der Waals surface area (Å²) in [6.45, 7) is 3.88. The van der Waals surface area contributed by atoms with Gasteiger partial charge in [-0.05, 0) is 30.0 Å². The number of para-hydroxylation sites is 1. The van der Waals surface area contributed by atoms with Crippen molar-refractivity contribution in [1.82, 2.24) is 4.90 Å². The Morgan fingerprint density at radius 1 is 1.33 bits per heavy atom. The molecular weight excluding hydrogens is 366 g/mol.